The van der Waals surface area contributed by atoms with E-state index >= 15 is 0 Å². The lowest BCUT2D eigenvalue weighted by Gasteiger charge is -2.07. The highest BCUT2D eigenvalue weighted by molar-refractivity contribution is 8.00. The lowest BCUT2D eigenvalue weighted by atomic mass is 10.3. The van der Waals surface area contributed by atoms with Crippen LogP contribution in [0.2, 0.25) is 0 Å². The molecule has 0 aromatic heterocycles. The van der Waals surface area contributed by atoms with Crippen LogP contribution in [0.4, 0.5) is 0 Å². The second-order valence-electron chi connectivity index (χ2n) is 4.20. The van der Waals surface area contributed by atoms with Crippen molar-refractivity contribution in [2.24, 2.45) is 0 Å². The minimum atomic E-state index is 0.0832. The number of hydrogen-bond donors (Lipinski definition) is 2. The number of nitrogens with one attached hydrogen (secondary N) is 2. The molecular weight excluding hydrogens is 268 g/mol. The van der Waals surface area contributed by atoms with E-state index in [1.807, 2.05) is 6.26 Å². The zero-order chi connectivity index (χ0) is 13.8. The summed E-state index contributed by atoms with van der Waals surface area (Å²) in [6, 6.07) is 0. The number of amides is 2. The first-order valence-corrected chi connectivity index (χ1v) is 8.64. The minimum absolute atomic E-state index is 0.0832. The van der Waals surface area contributed by atoms with Crippen LogP contribution in [0.25, 0.3) is 0 Å². The lowest BCUT2D eigenvalue weighted by molar-refractivity contribution is -0.119. The fourth-order valence-electron chi connectivity index (χ4n) is 1.18. The minimum Gasteiger partial charge on any atom is -0.355 e. The van der Waals surface area contributed by atoms with E-state index in [0.717, 1.165) is 12.8 Å². The second kappa shape index (κ2) is 11.7. The molecule has 0 aromatic rings. The zero-order valence-corrected chi connectivity index (χ0v) is 13.1. The van der Waals surface area contributed by atoms with E-state index in [0.29, 0.717) is 29.8 Å². The van der Waals surface area contributed by atoms with Crippen LogP contribution in [-0.4, -0.2) is 47.9 Å². The van der Waals surface area contributed by atoms with Gasteiger partial charge in [-0.05, 0) is 24.3 Å². The number of hydrogen-bond acceptors (Lipinski definition) is 4. The molecule has 0 radical (unpaired) electrons. The van der Waals surface area contributed by atoms with Gasteiger partial charge in [0.25, 0.3) is 0 Å². The van der Waals surface area contributed by atoms with Gasteiger partial charge in [0.05, 0.1) is 11.5 Å². The maximum Gasteiger partial charge on any atom is 0.230 e. The largest absolute Gasteiger partial charge is 0.355 e. The molecule has 2 N–H and O–H groups in total. The third-order valence-electron chi connectivity index (χ3n) is 2.07. The maximum absolute atomic E-state index is 11.4. The molecule has 0 atom stereocenters. The molecule has 0 heterocycles. The lowest BCUT2D eigenvalue weighted by Crippen LogP contribution is -2.29. The van der Waals surface area contributed by atoms with Crippen molar-refractivity contribution in [3.63, 3.8) is 0 Å². The molecule has 0 saturated heterocycles. The van der Waals surface area contributed by atoms with Gasteiger partial charge in [-0.3, -0.25) is 9.59 Å². The molecular formula is C12H24N2O2S2. The molecule has 18 heavy (non-hydrogen) atoms. The zero-order valence-electron chi connectivity index (χ0n) is 11.5. The summed E-state index contributed by atoms with van der Waals surface area (Å²) in [5.74, 6) is 1.23. The van der Waals surface area contributed by atoms with Gasteiger partial charge >= 0.3 is 0 Å². The standard InChI is InChI=1S/C12H24N2O2S2/c1-10(2)18-9-12(16)14-7-5-4-6-13-11(15)8-17-3/h10H,4-9H2,1-3H3,(H,13,15)(H,14,16). The number of unbranched alkanes of at least 4 members (excludes halogenated alkanes) is 1. The van der Waals surface area contributed by atoms with Gasteiger partial charge in [-0.15, -0.1) is 11.8 Å². The topological polar surface area (TPSA) is 58.2 Å². The number of rotatable bonds is 10. The molecule has 0 unspecified atom stereocenters. The van der Waals surface area contributed by atoms with Crippen LogP contribution in [0.3, 0.4) is 0 Å². The molecule has 0 aromatic carbocycles. The Morgan fingerprint density at radius 1 is 1.00 bits per heavy atom. The molecule has 2 amide bonds. The number of thioether (sulfide) groups is 2. The molecule has 0 aliphatic heterocycles. The predicted molar refractivity (Wildman–Crippen MR) is 81.2 cm³/mol. The van der Waals surface area contributed by atoms with Crippen molar-refractivity contribution in [1.29, 1.82) is 0 Å². The molecule has 0 fully saturated rings. The Balaban J connectivity index is 3.29. The van der Waals surface area contributed by atoms with Crippen molar-refractivity contribution in [2.75, 3.05) is 30.9 Å². The number of carbonyl (C=O) groups is 2. The number of carbonyl (C=O) groups excluding carboxylic acids is 2. The molecule has 4 nitrogen and oxygen atoms in total. The van der Waals surface area contributed by atoms with Crippen molar-refractivity contribution in [3.8, 4) is 0 Å². The quantitative estimate of drug-likeness (QED) is 0.599. The Morgan fingerprint density at radius 2 is 1.50 bits per heavy atom. The van der Waals surface area contributed by atoms with Crippen molar-refractivity contribution in [1.82, 2.24) is 10.6 Å². The summed E-state index contributed by atoms with van der Waals surface area (Å²) in [6.45, 7) is 5.54. The van der Waals surface area contributed by atoms with Gasteiger partial charge < -0.3 is 10.6 Å². The van der Waals surface area contributed by atoms with Gasteiger partial charge in [0.15, 0.2) is 0 Å². The van der Waals surface area contributed by atoms with E-state index in [4.69, 9.17) is 0 Å². The van der Waals surface area contributed by atoms with Gasteiger partial charge in [0.2, 0.25) is 11.8 Å². The highest BCUT2D eigenvalue weighted by Crippen LogP contribution is 2.07. The van der Waals surface area contributed by atoms with E-state index in [2.05, 4.69) is 24.5 Å². The monoisotopic (exact) mass is 292 g/mol. The smallest absolute Gasteiger partial charge is 0.230 e. The average Bonchev–Trinajstić information content (AvgIpc) is 2.31. The van der Waals surface area contributed by atoms with Crippen LogP contribution < -0.4 is 10.6 Å². The van der Waals surface area contributed by atoms with E-state index in [1.54, 1.807) is 11.8 Å². The summed E-state index contributed by atoms with van der Waals surface area (Å²) in [4.78, 5) is 22.5. The first-order valence-electron chi connectivity index (χ1n) is 6.20. The summed E-state index contributed by atoms with van der Waals surface area (Å²) in [5, 5.41) is 6.20. The molecule has 0 aliphatic rings. The van der Waals surface area contributed by atoms with Crippen molar-refractivity contribution in [2.45, 2.75) is 31.9 Å². The van der Waals surface area contributed by atoms with Crippen LogP contribution in [0.15, 0.2) is 0 Å². The van der Waals surface area contributed by atoms with Crippen LogP contribution in [0.5, 0.6) is 0 Å². The van der Waals surface area contributed by atoms with Gasteiger partial charge in [0.1, 0.15) is 0 Å². The van der Waals surface area contributed by atoms with E-state index in [-0.39, 0.29) is 11.8 Å². The highest BCUT2D eigenvalue weighted by Gasteiger charge is 2.02. The Kier molecular flexibility index (Phi) is 11.5. The molecule has 0 aliphatic carbocycles. The fraction of sp³-hybridized carbons (Fsp3) is 0.833. The van der Waals surface area contributed by atoms with Gasteiger partial charge in [-0.2, -0.15) is 11.8 Å². The van der Waals surface area contributed by atoms with Crippen LogP contribution >= 0.6 is 23.5 Å². The summed E-state index contributed by atoms with van der Waals surface area (Å²) in [5.41, 5.74) is 0. The van der Waals surface area contributed by atoms with E-state index in [1.165, 1.54) is 11.8 Å². The van der Waals surface area contributed by atoms with Crippen LogP contribution in [0, 0.1) is 0 Å². The van der Waals surface area contributed by atoms with Crippen molar-refractivity contribution in [3.05, 3.63) is 0 Å². The first kappa shape index (κ1) is 17.6. The fourth-order valence-corrected chi connectivity index (χ4v) is 2.13. The second-order valence-corrected chi connectivity index (χ2v) is 6.63. The summed E-state index contributed by atoms with van der Waals surface area (Å²) < 4.78 is 0. The third-order valence-corrected chi connectivity index (χ3v) is 3.72. The van der Waals surface area contributed by atoms with Gasteiger partial charge in [-0.25, -0.2) is 0 Å². The van der Waals surface area contributed by atoms with Crippen LogP contribution in [0.1, 0.15) is 26.7 Å². The normalized spacial score (nSPS) is 10.4. The predicted octanol–water partition coefficient (Wildman–Crippen LogP) is 1.50. The Morgan fingerprint density at radius 3 is 1.94 bits per heavy atom. The van der Waals surface area contributed by atoms with Crippen molar-refractivity contribution >= 4 is 35.3 Å². The summed E-state index contributed by atoms with van der Waals surface area (Å²) in [6.07, 6.45) is 3.71. The molecule has 6 heteroatoms. The maximum atomic E-state index is 11.4. The van der Waals surface area contributed by atoms with Crippen molar-refractivity contribution < 1.29 is 9.59 Å². The first-order chi connectivity index (χ1) is 8.56. The molecule has 0 spiro atoms. The average molecular weight is 292 g/mol. The van der Waals surface area contributed by atoms with E-state index in [9.17, 15) is 9.59 Å². The Hall–Kier alpha value is -0.360. The third kappa shape index (κ3) is 12.1. The van der Waals surface area contributed by atoms with Gasteiger partial charge in [-0.1, -0.05) is 13.8 Å². The molecule has 0 saturated carbocycles. The SMILES string of the molecule is CSCC(=O)NCCCCNC(=O)CSC(C)C. The molecule has 0 rings (SSSR count). The molecule has 0 bridgehead atoms. The van der Waals surface area contributed by atoms with Gasteiger partial charge in [0, 0.05) is 13.1 Å². The Bertz CT molecular complexity index is 248. The van der Waals surface area contributed by atoms with E-state index < -0.39 is 0 Å². The highest BCUT2D eigenvalue weighted by atomic mass is 32.2. The van der Waals surface area contributed by atoms with Crippen LogP contribution in [-0.2, 0) is 9.59 Å². The summed E-state index contributed by atoms with van der Waals surface area (Å²) >= 11 is 3.16. The summed E-state index contributed by atoms with van der Waals surface area (Å²) in [7, 11) is 0. The molecule has 106 valence electrons. The Labute approximate surface area is 118 Å².